The molecule has 0 aromatic carbocycles. The number of hydrogen-bond donors (Lipinski definition) is 1. The highest BCUT2D eigenvalue weighted by molar-refractivity contribution is 6.29. The molecule has 1 unspecified atom stereocenters. The van der Waals surface area contributed by atoms with Crippen molar-refractivity contribution in [1.29, 1.82) is 0 Å². The van der Waals surface area contributed by atoms with Crippen molar-refractivity contribution in [2.75, 3.05) is 24.6 Å². The summed E-state index contributed by atoms with van der Waals surface area (Å²) >= 11 is 6.08. The molecule has 1 aromatic rings. The zero-order chi connectivity index (χ0) is 12.5. The molecule has 18 heavy (non-hydrogen) atoms. The highest BCUT2D eigenvalue weighted by Gasteiger charge is 2.28. The van der Waals surface area contributed by atoms with E-state index in [9.17, 15) is 5.11 Å². The summed E-state index contributed by atoms with van der Waals surface area (Å²) in [6.45, 7) is 2.12. The van der Waals surface area contributed by atoms with Crippen molar-refractivity contribution in [3.63, 3.8) is 0 Å². The summed E-state index contributed by atoms with van der Waals surface area (Å²) in [5, 5.41) is 9.81. The summed E-state index contributed by atoms with van der Waals surface area (Å²) in [5.41, 5.74) is 0. The van der Waals surface area contributed by atoms with E-state index in [1.807, 2.05) is 6.07 Å². The average Bonchev–Trinajstić information content (AvgIpc) is 3.22. The number of anilines is 1. The van der Waals surface area contributed by atoms with Gasteiger partial charge in [0, 0.05) is 31.7 Å². The summed E-state index contributed by atoms with van der Waals surface area (Å²) in [6, 6.07) is 1.84. The Balaban J connectivity index is 1.81. The number of piperidine rings is 1. The first-order chi connectivity index (χ1) is 8.76. The molecule has 1 aliphatic carbocycles. The summed E-state index contributed by atoms with van der Waals surface area (Å²) in [4.78, 5) is 11.2. The minimum Gasteiger partial charge on any atom is -0.396 e. The highest BCUT2D eigenvalue weighted by Crippen LogP contribution is 2.39. The van der Waals surface area contributed by atoms with Crippen molar-refractivity contribution in [1.82, 2.24) is 9.97 Å². The molecule has 98 valence electrons. The quantitative estimate of drug-likeness (QED) is 0.853. The number of rotatable bonds is 3. The van der Waals surface area contributed by atoms with Crippen LogP contribution in [0, 0.1) is 5.92 Å². The van der Waals surface area contributed by atoms with Crippen LogP contribution in [0.15, 0.2) is 6.07 Å². The van der Waals surface area contributed by atoms with E-state index < -0.39 is 0 Å². The fraction of sp³-hybridized carbons (Fsp3) is 0.692. The van der Waals surface area contributed by atoms with E-state index in [0.717, 1.165) is 37.6 Å². The molecule has 0 amide bonds. The maximum atomic E-state index is 9.28. The van der Waals surface area contributed by atoms with Crippen LogP contribution in [0.5, 0.6) is 0 Å². The number of nitrogens with zero attached hydrogens (tertiary/aromatic N) is 3. The fourth-order valence-corrected chi connectivity index (χ4v) is 2.72. The normalized spacial score (nSPS) is 24.3. The molecule has 0 radical (unpaired) electrons. The fourth-order valence-electron chi connectivity index (χ4n) is 2.53. The molecule has 2 aliphatic rings. The number of halogens is 1. The number of aliphatic hydroxyl groups is 1. The average molecular weight is 268 g/mol. The van der Waals surface area contributed by atoms with Gasteiger partial charge < -0.3 is 10.0 Å². The Kier molecular flexibility index (Phi) is 3.39. The van der Waals surface area contributed by atoms with Gasteiger partial charge >= 0.3 is 0 Å². The zero-order valence-electron chi connectivity index (χ0n) is 10.3. The Morgan fingerprint density at radius 2 is 2.17 bits per heavy atom. The van der Waals surface area contributed by atoms with Crippen LogP contribution in [0.3, 0.4) is 0 Å². The van der Waals surface area contributed by atoms with E-state index >= 15 is 0 Å². The maximum Gasteiger partial charge on any atom is 0.135 e. The molecule has 1 saturated heterocycles. The minimum absolute atomic E-state index is 0.255. The van der Waals surface area contributed by atoms with Gasteiger partial charge in [0.05, 0.1) is 0 Å². The van der Waals surface area contributed by atoms with Gasteiger partial charge in [-0.1, -0.05) is 11.6 Å². The lowest BCUT2D eigenvalue weighted by Gasteiger charge is -2.32. The molecule has 2 fully saturated rings. The van der Waals surface area contributed by atoms with Crippen molar-refractivity contribution < 1.29 is 5.11 Å². The third kappa shape index (κ3) is 2.59. The van der Waals surface area contributed by atoms with Crippen LogP contribution in [0.2, 0.25) is 5.15 Å². The van der Waals surface area contributed by atoms with E-state index in [1.165, 1.54) is 12.8 Å². The zero-order valence-corrected chi connectivity index (χ0v) is 11.1. The van der Waals surface area contributed by atoms with Crippen molar-refractivity contribution in [3.8, 4) is 0 Å². The Morgan fingerprint density at radius 1 is 1.33 bits per heavy atom. The molecular formula is C13H18ClN3O. The lowest BCUT2D eigenvalue weighted by atomic mass is 9.99. The molecule has 3 rings (SSSR count). The summed E-state index contributed by atoms with van der Waals surface area (Å²) in [6.07, 6.45) is 4.56. The van der Waals surface area contributed by atoms with Crippen LogP contribution >= 0.6 is 11.6 Å². The van der Waals surface area contributed by atoms with Gasteiger partial charge in [0.2, 0.25) is 0 Å². The van der Waals surface area contributed by atoms with Gasteiger partial charge in [-0.05, 0) is 31.6 Å². The monoisotopic (exact) mass is 267 g/mol. The Labute approximate surface area is 112 Å². The van der Waals surface area contributed by atoms with Crippen LogP contribution in [0.4, 0.5) is 5.82 Å². The molecule has 5 heteroatoms. The van der Waals surface area contributed by atoms with Gasteiger partial charge in [0.25, 0.3) is 0 Å². The first kappa shape index (κ1) is 12.2. The van der Waals surface area contributed by atoms with E-state index in [0.29, 0.717) is 17.0 Å². The van der Waals surface area contributed by atoms with Gasteiger partial charge in [-0.3, -0.25) is 0 Å². The van der Waals surface area contributed by atoms with Gasteiger partial charge in [0.1, 0.15) is 16.8 Å². The molecule has 0 bridgehead atoms. The van der Waals surface area contributed by atoms with E-state index in [4.69, 9.17) is 11.6 Å². The molecule has 1 atom stereocenters. The van der Waals surface area contributed by atoms with Crippen LogP contribution in [-0.2, 0) is 0 Å². The van der Waals surface area contributed by atoms with Crippen molar-refractivity contribution in [2.24, 2.45) is 5.92 Å². The Bertz CT molecular complexity index is 436. The standard InChI is InChI=1S/C13H18ClN3O/c14-11-6-12(16-13(15-11)10-3-4-10)17-5-1-2-9(7-17)8-18/h6,9-10,18H,1-5,7-8H2. The first-order valence-electron chi connectivity index (χ1n) is 6.66. The van der Waals surface area contributed by atoms with Crippen molar-refractivity contribution in [3.05, 3.63) is 17.0 Å². The van der Waals surface area contributed by atoms with Crippen molar-refractivity contribution in [2.45, 2.75) is 31.6 Å². The lowest BCUT2D eigenvalue weighted by molar-refractivity contribution is 0.208. The third-order valence-electron chi connectivity index (χ3n) is 3.74. The SMILES string of the molecule is OCC1CCCN(c2cc(Cl)nc(C3CC3)n2)C1. The maximum absolute atomic E-state index is 9.28. The molecule has 1 aromatic heterocycles. The molecule has 1 N–H and O–H groups in total. The molecular weight excluding hydrogens is 250 g/mol. The number of aromatic nitrogens is 2. The van der Waals surface area contributed by atoms with Crippen LogP contribution in [0.1, 0.15) is 37.4 Å². The van der Waals surface area contributed by atoms with E-state index in [2.05, 4.69) is 14.9 Å². The highest BCUT2D eigenvalue weighted by atomic mass is 35.5. The second-order valence-corrected chi connectivity index (χ2v) is 5.71. The topological polar surface area (TPSA) is 49.2 Å². The smallest absolute Gasteiger partial charge is 0.135 e. The van der Waals surface area contributed by atoms with E-state index in [1.54, 1.807) is 0 Å². The summed E-state index contributed by atoms with van der Waals surface area (Å²) in [5.74, 6) is 2.69. The molecule has 4 nitrogen and oxygen atoms in total. The second-order valence-electron chi connectivity index (χ2n) is 5.32. The van der Waals surface area contributed by atoms with Gasteiger partial charge in [-0.2, -0.15) is 0 Å². The number of aliphatic hydroxyl groups excluding tert-OH is 1. The van der Waals surface area contributed by atoms with Crippen LogP contribution in [-0.4, -0.2) is 34.8 Å². The van der Waals surface area contributed by atoms with Gasteiger partial charge in [-0.25, -0.2) is 9.97 Å². The minimum atomic E-state index is 0.255. The van der Waals surface area contributed by atoms with Gasteiger partial charge in [0.15, 0.2) is 0 Å². The molecule has 2 heterocycles. The Hall–Kier alpha value is -0.870. The largest absolute Gasteiger partial charge is 0.396 e. The summed E-state index contributed by atoms with van der Waals surface area (Å²) in [7, 11) is 0. The van der Waals surface area contributed by atoms with E-state index in [-0.39, 0.29) is 6.61 Å². The molecule has 1 saturated carbocycles. The number of hydrogen-bond acceptors (Lipinski definition) is 4. The molecule has 0 spiro atoms. The molecule has 1 aliphatic heterocycles. The van der Waals surface area contributed by atoms with Crippen LogP contribution in [0.25, 0.3) is 0 Å². The van der Waals surface area contributed by atoms with Gasteiger partial charge in [-0.15, -0.1) is 0 Å². The lowest BCUT2D eigenvalue weighted by Crippen LogP contribution is -2.37. The first-order valence-corrected chi connectivity index (χ1v) is 7.04. The third-order valence-corrected chi connectivity index (χ3v) is 3.94. The van der Waals surface area contributed by atoms with Crippen molar-refractivity contribution >= 4 is 17.4 Å². The van der Waals surface area contributed by atoms with Crippen LogP contribution < -0.4 is 4.90 Å². The predicted molar refractivity (Wildman–Crippen MR) is 71.0 cm³/mol. The Morgan fingerprint density at radius 3 is 2.89 bits per heavy atom. The summed E-state index contributed by atoms with van der Waals surface area (Å²) < 4.78 is 0. The second kappa shape index (κ2) is 5.02. The predicted octanol–water partition coefficient (Wildman–Crippen LogP) is 2.22.